The second kappa shape index (κ2) is 10.4. The maximum absolute atomic E-state index is 12.1. The van der Waals surface area contributed by atoms with Gasteiger partial charge in [-0.25, -0.2) is 9.59 Å². The molecule has 30 heavy (non-hydrogen) atoms. The van der Waals surface area contributed by atoms with E-state index in [0.717, 1.165) is 16.7 Å². The Hall–Kier alpha value is -3.35. The molecule has 2 amide bonds. The molecule has 2 rings (SSSR count). The Morgan fingerprint density at radius 1 is 0.967 bits per heavy atom. The average Bonchev–Trinajstić information content (AvgIpc) is 2.67. The number of benzene rings is 2. The summed E-state index contributed by atoms with van der Waals surface area (Å²) in [7, 11) is 0. The highest BCUT2D eigenvalue weighted by Crippen LogP contribution is 2.19. The predicted octanol–water partition coefficient (Wildman–Crippen LogP) is 3.38. The van der Waals surface area contributed by atoms with Crippen molar-refractivity contribution in [2.24, 2.45) is 0 Å². The van der Waals surface area contributed by atoms with E-state index in [1.54, 1.807) is 20.8 Å². The molecule has 160 valence electrons. The molecular formula is C23H28N2O5. The number of alkyl carbamates (subject to hydrolysis) is 1. The lowest BCUT2D eigenvalue weighted by molar-refractivity contribution is -0.141. The SMILES string of the molecule is CC(C)(C)OC(=O)NCCC(=O)N[C@H](Cc1ccc(-c2ccccc2)cc1)C(=O)O. The van der Waals surface area contributed by atoms with Gasteiger partial charge in [-0.3, -0.25) is 4.79 Å². The van der Waals surface area contributed by atoms with Crippen molar-refractivity contribution in [3.05, 3.63) is 60.2 Å². The van der Waals surface area contributed by atoms with Crippen molar-refractivity contribution in [1.29, 1.82) is 0 Å². The average molecular weight is 412 g/mol. The molecule has 0 bridgehead atoms. The van der Waals surface area contributed by atoms with Crippen molar-refractivity contribution in [1.82, 2.24) is 10.6 Å². The van der Waals surface area contributed by atoms with E-state index < -0.39 is 29.6 Å². The summed E-state index contributed by atoms with van der Waals surface area (Å²) < 4.78 is 5.08. The highest BCUT2D eigenvalue weighted by Gasteiger charge is 2.21. The molecular weight excluding hydrogens is 384 g/mol. The number of rotatable bonds is 8. The Balaban J connectivity index is 1.86. The minimum Gasteiger partial charge on any atom is -0.480 e. The number of carbonyl (C=O) groups is 3. The first-order valence-electron chi connectivity index (χ1n) is 9.77. The van der Waals surface area contributed by atoms with Crippen LogP contribution in [0.15, 0.2) is 54.6 Å². The molecule has 0 aliphatic heterocycles. The third-order valence-electron chi connectivity index (χ3n) is 4.15. The fourth-order valence-corrected chi connectivity index (χ4v) is 2.76. The van der Waals surface area contributed by atoms with Gasteiger partial charge in [0, 0.05) is 19.4 Å². The lowest BCUT2D eigenvalue weighted by Gasteiger charge is -2.19. The minimum atomic E-state index is -1.12. The molecule has 0 heterocycles. The van der Waals surface area contributed by atoms with Crippen LogP contribution in [0.3, 0.4) is 0 Å². The molecule has 0 aliphatic rings. The van der Waals surface area contributed by atoms with E-state index in [-0.39, 0.29) is 19.4 Å². The normalized spacial score (nSPS) is 12.0. The Kier molecular flexibility index (Phi) is 7.98. The van der Waals surface area contributed by atoms with Crippen LogP contribution in [-0.2, 0) is 20.7 Å². The van der Waals surface area contributed by atoms with E-state index in [9.17, 15) is 19.5 Å². The van der Waals surface area contributed by atoms with Gasteiger partial charge in [0.1, 0.15) is 11.6 Å². The number of carboxylic acids is 1. The van der Waals surface area contributed by atoms with Crippen LogP contribution in [0.2, 0.25) is 0 Å². The number of ether oxygens (including phenoxy) is 1. The van der Waals surface area contributed by atoms with Crippen molar-refractivity contribution < 1.29 is 24.2 Å². The van der Waals surface area contributed by atoms with E-state index in [4.69, 9.17) is 4.74 Å². The first-order chi connectivity index (χ1) is 14.1. The summed E-state index contributed by atoms with van der Waals surface area (Å²) in [4.78, 5) is 35.2. The molecule has 2 aromatic rings. The number of amides is 2. The summed E-state index contributed by atoms with van der Waals surface area (Å²) in [5.41, 5.74) is 2.28. The first kappa shape index (κ1) is 22.9. The van der Waals surface area contributed by atoms with Crippen molar-refractivity contribution in [3.63, 3.8) is 0 Å². The molecule has 0 saturated carbocycles. The van der Waals surface area contributed by atoms with Gasteiger partial charge >= 0.3 is 12.1 Å². The third-order valence-corrected chi connectivity index (χ3v) is 4.15. The van der Waals surface area contributed by atoms with Gasteiger partial charge in [-0.2, -0.15) is 0 Å². The number of carbonyl (C=O) groups excluding carboxylic acids is 2. The van der Waals surface area contributed by atoms with Crippen molar-refractivity contribution >= 4 is 18.0 Å². The van der Waals surface area contributed by atoms with Gasteiger partial charge in [-0.1, -0.05) is 54.6 Å². The topological polar surface area (TPSA) is 105 Å². The minimum absolute atomic E-state index is 0.0457. The van der Waals surface area contributed by atoms with Crippen molar-refractivity contribution in [3.8, 4) is 11.1 Å². The Morgan fingerprint density at radius 2 is 1.57 bits per heavy atom. The first-order valence-corrected chi connectivity index (χ1v) is 9.77. The fraction of sp³-hybridized carbons (Fsp3) is 0.348. The summed E-state index contributed by atoms with van der Waals surface area (Å²) >= 11 is 0. The van der Waals surface area contributed by atoms with Crippen molar-refractivity contribution in [2.45, 2.75) is 45.3 Å². The van der Waals surface area contributed by atoms with Gasteiger partial charge in [0.2, 0.25) is 5.91 Å². The molecule has 0 fully saturated rings. The zero-order valence-electron chi connectivity index (χ0n) is 17.5. The van der Waals surface area contributed by atoms with Crippen LogP contribution in [-0.4, -0.2) is 41.3 Å². The van der Waals surface area contributed by atoms with Crippen LogP contribution in [0.25, 0.3) is 11.1 Å². The van der Waals surface area contributed by atoms with E-state index >= 15 is 0 Å². The molecule has 3 N–H and O–H groups in total. The standard InChI is InChI=1S/C23H28N2O5/c1-23(2,3)30-22(29)24-14-13-20(26)25-19(21(27)28)15-16-9-11-18(12-10-16)17-7-5-4-6-8-17/h4-12,19H,13-15H2,1-3H3,(H,24,29)(H,25,26)(H,27,28)/t19-/m1/s1. The van der Waals surface area contributed by atoms with Gasteiger partial charge in [0.05, 0.1) is 0 Å². The molecule has 7 heteroatoms. The molecule has 0 saturated heterocycles. The van der Waals surface area contributed by atoms with Gasteiger partial charge in [-0.05, 0) is 37.5 Å². The summed E-state index contributed by atoms with van der Waals surface area (Å²) in [6, 6.07) is 16.4. The second-order valence-electron chi connectivity index (χ2n) is 7.90. The Morgan fingerprint density at radius 3 is 2.13 bits per heavy atom. The fourth-order valence-electron chi connectivity index (χ4n) is 2.76. The molecule has 2 aromatic carbocycles. The van der Waals surface area contributed by atoms with E-state index in [0.29, 0.717) is 0 Å². The number of hydrogen-bond acceptors (Lipinski definition) is 4. The number of hydrogen-bond donors (Lipinski definition) is 3. The molecule has 0 spiro atoms. The van der Waals surface area contributed by atoms with Gasteiger partial charge in [-0.15, -0.1) is 0 Å². The predicted molar refractivity (Wildman–Crippen MR) is 114 cm³/mol. The molecule has 0 unspecified atom stereocenters. The van der Waals surface area contributed by atoms with E-state index in [1.165, 1.54) is 0 Å². The maximum Gasteiger partial charge on any atom is 0.407 e. The zero-order chi connectivity index (χ0) is 22.1. The largest absolute Gasteiger partial charge is 0.480 e. The van der Waals surface area contributed by atoms with E-state index in [1.807, 2.05) is 54.6 Å². The molecule has 0 radical (unpaired) electrons. The highest BCUT2D eigenvalue weighted by atomic mass is 16.6. The smallest absolute Gasteiger partial charge is 0.407 e. The van der Waals surface area contributed by atoms with Gasteiger partial charge < -0.3 is 20.5 Å². The molecule has 1 atom stereocenters. The van der Waals surface area contributed by atoms with Crippen LogP contribution in [0, 0.1) is 0 Å². The number of carboxylic acid groups (broad SMARTS) is 1. The Labute approximate surface area is 176 Å². The highest BCUT2D eigenvalue weighted by molar-refractivity contribution is 5.84. The Bertz CT molecular complexity index is 857. The monoisotopic (exact) mass is 412 g/mol. The van der Waals surface area contributed by atoms with Crippen molar-refractivity contribution in [2.75, 3.05) is 6.54 Å². The lowest BCUT2D eigenvalue weighted by atomic mass is 10.0. The lowest BCUT2D eigenvalue weighted by Crippen LogP contribution is -2.43. The van der Waals surface area contributed by atoms with Crippen LogP contribution in [0.1, 0.15) is 32.8 Å². The maximum atomic E-state index is 12.1. The van der Waals surface area contributed by atoms with Crippen LogP contribution in [0.5, 0.6) is 0 Å². The molecule has 0 aromatic heterocycles. The summed E-state index contributed by atoms with van der Waals surface area (Å²) in [6.45, 7) is 5.27. The summed E-state index contributed by atoms with van der Waals surface area (Å²) in [5.74, 6) is -1.57. The summed E-state index contributed by atoms with van der Waals surface area (Å²) in [6.07, 6.45) is -0.505. The number of aliphatic carboxylic acids is 1. The van der Waals surface area contributed by atoms with Crippen LogP contribution in [0.4, 0.5) is 4.79 Å². The van der Waals surface area contributed by atoms with Crippen LogP contribution >= 0.6 is 0 Å². The molecule has 7 nitrogen and oxygen atoms in total. The van der Waals surface area contributed by atoms with Gasteiger partial charge in [0.25, 0.3) is 0 Å². The molecule has 0 aliphatic carbocycles. The zero-order valence-corrected chi connectivity index (χ0v) is 17.5. The second-order valence-corrected chi connectivity index (χ2v) is 7.90. The summed E-state index contributed by atoms with van der Waals surface area (Å²) in [5, 5.41) is 14.4. The third kappa shape index (κ3) is 7.95. The van der Waals surface area contributed by atoms with Crippen LogP contribution < -0.4 is 10.6 Å². The van der Waals surface area contributed by atoms with Gasteiger partial charge in [0.15, 0.2) is 0 Å². The van der Waals surface area contributed by atoms with E-state index in [2.05, 4.69) is 10.6 Å². The quantitative estimate of drug-likeness (QED) is 0.617. The number of nitrogens with one attached hydrogen (secondary N) is 2.